The number of hydrogen-bond donors (Lipinski definition) is 2. The fraction of sp³-hybridized carbons (Fsp3) is 0.625. The Kier molecular flexibility index (Phi) is 8.92. The Morgan fingerprint density at radius 2 is 1.78 bits per heavy atom. The molecule has 0 spiro atoms. The lowest BCUT2D eigenvalue weighted by molar-refractivity contribution is -0.134. The van der Waals surface area contributed by atoms with E-state index in [9.17, 15) is 14.4 Å². The number of likely N-dealkylation sites (N-methyl/N-ethyl adjacent to an activating group) is 1. The smallest absolute Gasteiger partial charge is 0.317 e. The molecule has 1 fully saturated rings. The quantitative estimate of drug-likeness (QED) is 0.674. The van der Waals surface area contributed by atoms with Crippen LogP contribution in [0, 0.1) is 5.92 Å². The Balaban J connectivity index is 2.15. The zero-order chi connectivity index (χ0) is 23.9. The molecule has 8 heteroatoms. The highest BCUT2D eigenvalue weighted by Gasteiger charge is 2.36. The van der Waals surface area contributed by atoms with Gasteiger partial charge in [-0.2, -0.15) is 0 Å². The number of nitrogens with zero attached hydrogens (tertiary/aromatic N) is 2. The van der Waals surface area contributed by atoms with Crippen molar-refractivity contribution in [2.45, 2.75) is 59.0 Å². The molecule has 178 valence electrons. The molecule has 4 amide bonds. The lowest BCUT2D eigenvalue weighted by Gasteiger charge is -2.38. The van der Waals surface area contributed by atoms with E-state index >= 15 is 0 Å². The van der Waals surface area contributed by atoms with Crippen LogP contribution < -0.4 is 15.4 Å². The standard InChI is InChI=1S/C24H38N4O4/c1-7-27(8-2)22(30)20(25-21(29)18-10-9-11-19(16-18)32-6)17-12-14-28(15-13-17)23(31)26-24(3,4)5/h9-11,16-17,20H,7-8,12-15H2,1-6H3,(H,25,29)(H,26,31). The van der Waals surface area contributed by atoms with E-state index in [-0.39, 0.29) is 29.3 Å². The molecule has 1 unspecified atom stereocenters. The third-order valence-corrected chi connectivity index (χ3v) is 5.74. The van der Waals surface area contributed by atoms with Crippen molar-refractivity contribution < 1.29 is 19.1 Å². The highest BCUT2D eigenvalue weighted by molar-refractivity contribution is 5.98. The molecule has 32 heavy (non-hydrogen) atoms. The normalized spacial score (nSPS) is 15.6. The monoisotopic (exact) mass is 446 g/mol. The highest BCUT2D eigenvalue weighted by Crippen LogP contribution is 2.23. The van der Waals surface area contributed by atoms with Crippen molar-refractivity contribution in [3.05, 3.63) is 29.8 Å². The number of amides is 4. The molecule has 0 aromatic heterocycles. The van der Waals surface area contributed by atoms with Crippen LogP contribution in [-0.2, 0) is 4.79 Å². The number of rotatable bonds is 7. The Bertz CT molecular complexity index is 793. The third-order valence-electron chi connectivity index (χ3n) is 5.74. The first-order chi connectivity index (χ1) is 15.1. The number of piperidine rings is 1. The maximum absolute atomic E-state index is 13.3. The maximum Gasteiger partial charge on any atom is 0.317 e. The minimum atomic E-state index is -0.638. The number of ether oxygens (including phenoxy) is 1. The molecule has 2 rings (SSSR count). The van der Waals surface area contributed by atoms with E-state index in [1.807, 2.05) is 34.6 Å². The summed E-state index contributed by atoms with van der Waals surface area (Å²) in [6, 6.07) is 6.16. The predicted octanol–water partition coefficient (Wildman–Crippen LogP) is 2.88. The summed E-state index contributed by atoms with van der Waals surface area (Å²) < 4.78 is 5.22. The van der Waals surface area contributed by atoms with Crippen molar-refractivity contribution in [3.63, 3.8) is 0 Å². The predicted molar refractivity (Wildman–Crippen MR) is 125 cm³/mol. The molecule has 1 aromatic carbocycles. The van der Waals surface area contributed by atoms with Gasteiger partial charge in [-0.05, 0) is 71.6 Å². The van der Waals surface area contributed by atoms with Crippen LogP contribution in [0.25, 0.3) is 0 Å². The molecular formula is C24H38N4O4. The Morgan fingerprint density at radius 3 is 2.31 bits per heavy atom. The van der Waals surface area contributed by atoms with Crippen LogP contribution >= 0.6 is 0 Å². The number of methoxy groups -OCH3 is 1. The van der Waals surface area contributed by atoms with E-state index in [4.69, 9.17) is 4.74 Å². The summed E-state index contributed by atoms with van der Waals surface area (Å²) in [6.45, 7) is 12.0. The topological polar surface area (TPSA) is 91.0 Å². The molecule has 8 nitrogen and oxygen atoms in total. The van der Waals surface area contributed by atoms with Crippen molar-refractivity contribution in [3.8, 4) is 5.75 Å². The van der Waals surface area contributed by atoms with Gasteiger partial charge < -0.3 is 25.2 Å². The summed E-state index contributed by atoms with van der Waals surface area (Å²) in [4.78, 5) is 42.3. The second-order valence-electron chi connectivity index (χ2n) is 9.20. The van der Waals surface area contributed by atoms with Crippen molar-refractivity contribution in [1.82, 2.24) is 20.4 Å². The number of nitrogens with one attached hydrogen (secondary N) is 2. The second kappa shape index (κ2) is 11.2. The molecule has 0 bridgehead atoms. The maximum atomic E-state index is 13.3. The Hall–Kier alpha value is -2.77. The summed E-state index contributed by atoms with van der Waals surface area (Å²) in [6.07, 6.45) is 1.29. The number of carbonyl (C=O) groups is 3. The van der Waals surface area contributed by atoms with Gasteiger partial charge in [-0.1, -0.05) is 6.07 Å². The van der Waals surface area contributed by atoms with Crippen LogP contribution in [0.15, 0.2) is 24.3 Å². The zero-order valence-electron chi connectivity index (χ0n) is 20.2. The Morgan fingerprint density at radius 1 is 1.16 bits per heavy atom. The zero-order valence-corrected chi connectivity index (χ0v) is 20.2. The van der Waals surface area contributed by atoms with Crippen LogP contribution in [0.2, 0.25) is 0 Å². The molecule has 0 radical (unpaired) electrons. The van der Waals surface area contributed by atoms with Crippen LogP contribution in [0.4, 0.5) is 4.79 Å². The molecule has 1 aliphatic heterocycles. The largest absolute Gasteiger partial charge is 0.497 e. The average molecular weight is 447 g/mol. The van der Waals surface area contributed by atoms with Crippen molar-refractivity contribution >= 4 is 17.8 Å². The van der Waals surface area contributed by atoms with Gasteiger partial charge >= 0.3 is 6.03 Å². The Labute approximate surface area is 191 Å². The van der Waals surface area contributed by atoms with Crippen molar-refractivity contribution in [1.29, 1.82) is 0 Å². The lowest BCUT2D eigenvalue weighted by atomic mass is 9.88. The first-order valence-corrected chi connectivity index (χ1v) is 11.4. The summed E-state index contributed by atoms with van der Waals surface area (Å²) >= 11 is 0. The number of carbonyl (C=O) groups excluding carboxylic acids is 3. The number of urea groups is 1. The number of hydrogen-bond acceptors (Lipinski definition) is 4. The second-order valence-corrected chi connectivity index (χ2v) is 9.20. The summed E-state index contributed by atoms with van der Waals surface area (Å²) in [5.74, 6) is 0.157. The van der Waals surface area contributed by atoms with Gasteiger partial charge in [-0.25, -0.2) is 4.79 Å². The molecule has 0 saturated carbocycles. The van der Waals surface area contributed by atoms with E-state index in [1.165, 1.54) is 0 Å². The number of likely N-dealkylation sites (tertiary alicyclic amines) is 1. The molecule has 0 aliphatic carbocycles. The lowest BCUT2D eigenvalue weighted by Crippen LogP contribution is -2.56. The molecular weight excluding hydrogens is 408 g/mol. The first-order valence-electron chi connectivity index (χ1n) is 11.4. The summed E-state index contributed by atoms with van der Waals surface area (Å²) in [5, 5.41) is 5.97. The number of benzene rings is 1. The van der Waals surface area contributed by atoms with Gasteiger partial charge in [-0.3, -0.25) is 9.59 Å². The third kappa shape index (κ3) is 6.87. The van der Waals surface area contributed by atoms with E-state index in [0.29, 0.717) is 50.3 Å². The minimum Gasteiger partial charge on any atom is -0.497 e. The SMILES string of the molecule is CCN(CC)C(=O)C(NC(=O)c1cccc(OC)c1)C1CCN(C(=O)NC(C)(C)C)CC1. The average Bonchev–Trinajstić information content (AvgIpc) is 2.77. The fourth-order valence-corrected chi connectivity index (χ4v) is 3.94. The highest BCUT2D eigenvalue weighted by atomic mass is 16.5. The van der Waals surface area contributed by atoms with E-state index < -0.39 is 6.04 Å². The van der Waals surface area contributed by atoms with Gasteiger partial charge in [0, 0.05) is 37.3 Å². The summed E-state index contributed by atoms with van der Waals surface area (Å²) in [5.41, 5.74) is 0.142. The van der Waals surface area contributed by atoms with E-state index in [1.54, 1.807) is 41.2 Å². The van der Waals surface area contributed by atoms with Crippen molar-refractivity contribution in [2.24, 2.45) is 5.92 Å². The van der Waals surface area contributed by atoms with E-state index in [0.717, 1.165) is 0 Å². The van der Waals surface area contributed by atoms with Gasteiger partial charge in [0.2, 0.25) is 5.91 Å². The van der Waals surface area contributed by atoms with Gasteiger partial charge in [0.05, 0.1) is 7.11 Å². The fourth-order valence-electron chi connectivity index (χ4n) is 3.94. The molecule has 1 aromatic rings. The van der Waals surface area contributed by atoms with E-state index in [2.05, 4.69) is 10.6 Å². The van der Waals surface area contributed by atoms with Crippen LogP contribution in [0.3, 0.4) is 0 Å². The molecule has 1 aliphatic rings. The van der Waals surface area contributed by atoms with Crippen molar-refractivity contribution in [2.75, 3.05) is 33.3 Å². The van der Waals surface area contributed by atoms with Gasteiger partial charge in [-0.15, -0.1) is 0 Å². The van der Waals surface area contributed by atoms with Crippen LogP contribution in [-0.4, -0.2) is 72.5 Å². The minimum absolute atomic E-state index is 0.0451. The molecule has 1 saturated heterocycles. The summed E-state index contributed by atoms with van der Waals surface area (Å²) in [7, 11) is 1.55. The van der Waals surface area contributed by atoms with Crippen LogP contribution in [0.5, 0.6) is 5.75 Å². The first kappa shape index (κ1) is 25.5. The molecule has 2 N–H and O–H groups in total. The van der Waals surface area contributed by atoms with Gasteiger partial charge in [0.1, 0.15) is 11.8 Å². The molecule has 1 heterocycles. The van der Waals surface area contributed by atoms with Gasteiger partial charge in [0.15, 0.2) is 0 Å². The van der Waals surface area contributed by atoms with Gasteiger partial charge in [0.25, 0.3) is 5.91 Å². The molecule has 1 atom stereocenters. The van der Waals surface area contributed by atoms with Crippen LogP contribution in [0.1, 0.15) is 57.8 Å².